The lowest BCUT2D eigenvalue weighted by molar-refractivity contribution is 0.414. The Morgan fingerprint density at radius 1 is 0.667 bits per heavy atom. The van der Waals surface area contributed by atoms with Gasteiger partial charge in [-0.25, -0.2) is 4.39 Å². The summed E-state index contributed by atoms with van der Waals surface area (Å²) in [4.78, 5) is 0. The van der Waals surface area contributed by atoms with Crippen LogP contribution in [-0.2, 0) is 11.8 Å². The van der Waals surface area contributed by atoms with Crippen LogP contribution in [0.15, 0.2) is 78.9 Å². The Morgan fingerprint density at radius 3 is 1.97 bits per heavy atom. The molecule has 3 aliphatic rings. The minimum absolute atomic E-state index is 0.198. The van der Waals surface area contributed by atoms with Crippen molar-refractivity contribution in [3.05, 3.63) is 118 Å². The summed E-state index contributed by atoms with van der Waals surface area (Å²) in [5, 5.41) is 0. The van der Waals surface area contributed by atoms with Crippen LogP contribution in [-0.4, -0.2) is 14.2 Å². The van der Waals surface area contributed by atoms with Gasteiger partial charge >= 0.3 is 0 Å². The molecule has 0 heterocycles. The van der Waals surface area contributed by atoms with Crippen molar-refractivity contribution in [2.75, 3.05) is 14.2 Å². The number of hydrogen-bond acceptors (Lipinski definition) is 2. The van der Waals surface area contributed by atoms with Crippen molar-refractivity contribution < 1.29 is 13.9 Å². The zero-order chi connectivity index (χ0) is 22.3. The van der Waals surface area contributed by atoms with Gasteiger partial charge in [-0.3, -0.25) is 0 Å². The molecule has 0 unspecified atom stereocenters. The average molecular weight is 432 g/mol. The molecule has 33 heavy (non-hydrogen) atoms. The van der Waals surface area contributed by atoms with Crippen LogP contribution in [0.5, 0.6) is 11.5 Å². The van der Waals surface area contributed by atoms with Crippen LogP contribution >= 0.6 is 0 Å². The van der Waals surface area contributed by atoms with Crippen LogP contribution in [0.25, 0.3) is 22.3 Å². The van der Waals surface area contributed by atoms with Gasteiger partial charge in [0.1, 0.15) is 17.3 Å². The Labute approximate surface area is 191 Å². The van der Waals surface area contributed by atoms with E-state index in [4.69, 9.17) is 9.47 Å². The molecule has 0 saturated heterocycles. The van der Waals surface area contributed by atoms with Crippen LogP contribution in [0.4, 0.5) is 4.39 Å². The summed E-state index contributed by atoms with van der Waals surface area (Å²) in [5.41, 5.74) is 11.4. The van der Waals surface area contributed by atoms with Crippen LogP contribution in [0, 0.1) is 5.82 Å². The van der Waals surface area contributed by atoms with Crippen molar-refractivity contribution in [2.45, 2.75) is 11.8 Å². The minimum Gasteiger partial charge on any atom is -0.497 e. The Kier molecular flexibility index (Phi) is 3.60. The largest absolute Gasteiger partial charge is 0.497 e. The van der Waals surface area contributed by atoms with Crippen molar-refractivity contribution in [1.82, 2.24) is 0 Å². The first-order valence-corrected chi connectivity index (χ1v) is 11.2. The van der Waals surface area contributed by atoms with Gasteiger partial charge in [-0.2, -0.15) is 0 Å². The van der Waals surface area contributed by atoms with Crippen molar-refractivity contribution in [3.63, 3.8) is 0 Å². The minimum atomic E-state index is -0.492. The maximum Gasteiger partial charge on any atom is 0.123 e. The second-order valence-corrected chi connectivity index (χ2v) is 8.95. The maximum absolute atomic E-state index is 14.6. The Bertz CT molecular complexity index is 1480. The molecular formula is C30H21FO2. The summed E-state index contributed by atoms with van der Waals surface area (Å²) >= 11 is 0. The lowest BCUT2D eigenvalue weighted by atomic mass is 9.68. The summed E-state index contributed by atoms with van der Waals surface area (Å²) in [6.07, 6.45) is 0.820. The maximum atomic E-state index is 14.6. The molecule has 0 aromatic heterocycles. The lowest BCUT2D eigenvalue weighted by Gasteiger charge is -2.33. The van der Waals surface area contributed by atoms with Crippen LogP contribution in [0.3, 0.4) is 0 Å². The fourth-order valence-corrected chi connectivity index (χ4v) is 6.35. The summed E-state index contributed by atoms with van der Waals surface area (Å²) in [6.45, 7) is 0. The number of allylic oxidation sites excluding steroid dienone is 2. The molecule has 160 valence electrons. The highest BCUT2D eigenvalue weighted by atomic mass is 19.1. The Hall–Kier alpha value is -3.85. The zero-order valence-electron chi connectivity index (χ0n) is 18.4. The van der Waals surface area contributed by atoms with Crippen molar-refractivity contribution in [3.8, 4) is 22.6 Å². The highest BCUT2D eigenvalue weighted by molar-refractivity contribution is 6.12. The third kappa shape index (κ3) is 2.17. The molecule has 0 fully saturated rings. The molecule has 7 rings (SSSR count). The van der Waals surface area contributed by atoms with E-state index in [0.717, 1.165) is 34.6 Å². The van der Waals surface area contributed by atoms with E-state index in [2.05, 4.69) is 48.5 Å². The first-order chi connectivity index (χ1) is 16.2. The molecule has 1 spiro atoms. The average Bonchev–Trinajstić information content (AvgIpc) is 3.46. The molecule has 0 saturated carbocycles. The molecule has 3 aliphatic carbocycles. The van der Waals surface area contributed by atoms with Crippen molar-refractivity contribution in [2.24, 2.45) is 0 Å². The number of fused-ring (bicyclic) bond motifs is 11. The predicted octanol–water partition coefficient (Wildman–Crippen LogP) is 6.64. The third-order valence-electron chi connectivity index (χ3n) is 7.59. The molecule has 0 N–H and O–H groups in total. The number of hydrogen-bond donors (Lipinski definition) is 0. The Morgan fingerprint density at radius 2 is 1.30 bits per heavy atom. The SMILES string of the molecule is COc1ccc2c(c1)-c1cc(OC)ccc1C21C2=C(Cc3ccc(F)cc32)c2ccccc21. The van der Waals surface area contributed by atoms with Gasteiger partial charge in [0, 0.05) is 0 Å². The number of ether oxygens (including phenoxy) is 2. The highest BCUT2D eigenvalue weighted by Gasteiger charge is 2.55. The van der Waals surface area contributed by atoms with Gasteiger partial charge in [-0.15, -0.1) is 0 Å². The standard InChI is InChI=1S/C30H21FO2/c1-32-19-9-11-27-23(15-19)24-16-20(33-2)10-12-28(24)30(27)26-6-4-3-5-21(26)25-13-17-7-8-18(31)14-22(17)29(25)30/h3-12,14-16H,13H2,1-2H3. The van der Waals surface area contributed by atoms with Crippen LogP contribution < -0.4 is 9.47 Å². The van der Waals surface area contributed by atoms with Crippen LogP contribution in [0.2, 0.25) is 0 Å². The number of halogens is 1. The van der Waals surface area contributed by atoms with E-state index in [0.29, 0.717) is 0 Å². The molecule has 0 amide bonds. The molecule has 0 atom stereocenters. The summed E-state index contributed by atoms with van der Waals surface area (Å²) in [6, 6.07) is 26.6. The molecular weight excluding hydrogens is 411 g/mol. The summed E-state index contributed by atoms with van der Waals surface area (Å²) in [7, 11) is 3.39. The summed E-state index contributed by atoms with van der Waals surface area (Å²) in [5.74, 6) is 1.44. The predicted molar refractivity (Wildman–Crippen MR) is 128 cm³/mol. The highest BCUT2D eigenvalue weighted by Crippen LogP contribution is 2.67. The third-order valence-corrected chi connectivity index (χ3v) is 7.59. The second-order valence-electron chi connectivity index (χ2n) is 8.95. The quantitative estimate of drug-likeness (QED) is 0.354. The Balaban J connectivity index is 1.66. The molecule has 2 nitrogen and oxygen atoms in total. The van der Waals surface area contributed by atoms with Gasteiger partial charge in [0.05, 0.1) is 19.6 Å². The van der Waals surface area contributed by atoms with E-state index < -0.39 is 5.41 Å². The van der Waals surface area contributed by atoms with E-state index in [-0.39, 0.29) is 5.82 Å². The fraction of sp³-hybridized carbons (Fsp3) is 0.133. The molecule has 0 bridgehead atoms. The monoisotopic (exact) mass is 432 g/mol. The van der Waals surface area contributed by atoms with Gasteiger partial charge in [0.2, 0.25) is 0 Å². The van der Waals surface area contributed by atoms with Crippen molar-refractivity contribution in [1.29, 1.82) is 0 Å². The van der Waals surface area contributed by atoms with E-state index in [1.807, 2.05) is 18.2 Å². The number of benzene rings is 4. The van der Waals surface area contributed by atoms with Gasteiger partial charge in [-0.1, -0.05) is 42.5 Å². The lowest BCUT2D eigenvalue weighted by Crippen LogP contribution is -2.26. The smallest absolute Gasteiger partial charge is 0.123 e. The van der Waals surface area contributed by atoms with Crippen LogP contribution in [0.1, 0.15) is 33.4 Å². The topological polar surface area (TPSA) is 18.5 Å². The van der Waals surface area contributed by atoms with E-state index in [1.54, 1.807) is 26.4 Å². The fourth-order valence-electron chi connectivity index (χ4n) is 6.35. The summed E-state index contributed by atoms with van der Waals surface area (Å²) < 4.78 is 25.8. The second kappa shape index (κ2) is 6.35. The molecule has 3 heteroatoms. The van der Waals surface area contributed by atoms with Gasteiger partial charge in [0.25, 0.3) is 0 Å². The molecule has 0 aliphatic heterocycles. The molecule has 4 aromatic rings. The molecule has 0 radical (unpaired) electrons. The van der Waals surface area contributed by atoms with Gasteiger partial charge < -0.3 is 9.47 Å². The van der Waals surface area contributed by atoms with E-state index >= 15 is 0 Å². The molecule has 4 aromatic carbocycles. The number of methoxy groups -OCH3 is 2. The zero-order valence-corrected chi connectivity index (χ0v) is 18.4. The number of rotatable bonds is 2. The normalized spacial score (nSPS) is 15.7. The van der Waals surface area contributed by atoms with Crippen molar-refractivity contribution >= 4 is 11.1 Å². The van der Waals surface area contributed by atoms with E-state index in [9.17, 15) is 4.39 Å². The van der Waals surface area contributed by atoms with Gasteiger partial charge in [0.15, 0.2) is 0 Å². The van der Waals surface area contributed by atoms with E-state index in [1.165, 1.54) is 39.0 Å². The van der Waals surface area contributed by atoms with Gasteiger partial charge in [-0.05, 0) is 98.5 Å². The first-order valence-electron chi connectivity index (χ1n) is 11.2. The first kappa shape index (κ1) is 18.7.